The summed E-state index contributed by atoms with van der Waals surface area (Å²) in [4.78, 5) is 24.7. The molecule has 0 aliphatic heterocycles. The first-order valence-corrected chi connectivity index (χ1v) is 8.39. The molecule has 3 aromatic rings. The van der Waals surface area contributed by atoms with Gasteiger partial charge in [0.1, 0.15) is 0 Å². The number of carbonyl (C=O) groups excluding carboxylic acids is 1. The zero-order chi connectivity index (χ0) is 20.5. The van der Waals surface area contributed by atoms with Gasteiger partial charge in [0.2, 0.25) is 5.43 Å². The van der Waals surface area contributed by atoms with E-state index in [9.17, 15) is 22.8 Å². The monoisotopic (exact) mass is 407 g/mol. The van der Waals surface area contributed by atoms with Crippen molar-refractivity contribution in [1.82, 2.24) is 9.78 Å². The molecule has 0 atom stereocenters. The zero-order valence-corrected chi connectivity index (χ0v) is 15.2. The number of carbonyl (C=O) groups is 1. The van der Waals surface area contributed by atoms with Gasteiger partial charge in [0.15, 0.2) is 5.69 Å². The molecule has 0 saturated heterocycles. The molecule has 3 rings (SSSR count). The summed E-state index contributed by atoms with van der Waals surface area (Å²) in [6, 6.07) is 12.0. The number of halogens is 4. The third-order valence-corrected chi connectivity index (χ3v) is 4.19. The number of amides is 1. The Hall–Kier alpha value is -3.13. The number of para-hydroxylation sites is 1. The summed E-state index contributed by atoms with van der Waals surface area (Å²) < 4.78 is 40.0. The van der Waals surface area contributed by atoms with Crippen molar-refractivity contribution in [3.8, 4) is 5.69 Å². The fourth-order valence-electron chi connectivity index (χ4n) is 2.52. The highest BCUT2D eigenvalue weighted by Crippen LogP contribution is 2.30. The summed E-state index contributed by atoms with van der Waals surface area (Å²) in [5, 5.41) is 6.71. The second-order valence-corrected chi connectivity index (χ2v) is 6.30. The Bertz CT molecular complexity index is 1110. The first-order chi connectivity index (χ1) is 13.2. The number of aromatic nitrogens is 2. The second kappa shape index (κ2) is 7.47. The quantitative estimate of drug-likeness (QED) is 0.697. The molecule has 28 heavy (non-hydrogen) atoms. The smallest absolute Gasteiger partial charge is 0.319 e. The first-order valence-electron chi connectivity index (χ1n) is 8.01. The van der Waals surface area contributed by atoms with E-state index < -0.39 is 28.8 Å². The number of alkyl halides is 3. The lowest BCUT2D eigenvalue weighted by Crippen LogP contribution is -2.27. The van der Waals surface area contributed by atoms with Crippen molar-refractivity contribution in [2.45, 2.75) is 13.1 Å². The third-order valence-electron chi connectivity index (χ3n) is 3.86. The van der Waals surface area contributed by atoms with Gasteiger partial charge in [-0.05, 0) is 37.3 Å². The molecular formula is C19H13ClF3N3O2. The average molecular weight is 408 g/mol. The van der Waals surface area contributed by atoms with Gasteiger partial charge in [-0.15, -0.1) is 0 Å². The van der Waals surface area contributed by atoms with E-state index in [4.69, 9.17) is 11.6 Å². The van der Waals surface area contributed by atoms with Crippen LogP contribution in [0.2, 0.25) is 5.02 Å². The molecule has 0 saturated carbocycles. The topological polar surface area (TPSA) is 64.0 Å². The molecule has 0 aliphatic carbocycles. The van der Waals surface area contributed by atoms with Gasteiger partial charge in [-0.3, -0.25) is 9.59 Å². The number of hydrogen-bond donors (Lipinski definition) is 1. The highest BCUT2D eigenvalue weighted by Gasteiger charge is 2.30. The third kappa shape index (κ3) is 4.07. The van der Waals surface area contributed by atoms with Gasteiger partial charge in [0.05, 0.1) is 22.0 Å². The molecule has 0 radical (unpaired) electrons. The van der Waals surface area contributed by atoms with Crippen LogP contribution in [0.3, 0.4) is 0 Å². The van der Waals surface area contributed by atoms with Crippen molar-refractivity contribution in [2.24, 2.45) is 0 Å². The van der Waals surface area contributed by atoms with Crippen LogP contribution in [0.25, 0.3) is 5.69 Å². The van der Waals surface area contributed by atoms with Gasteiger partial charge in [-0.1, -0.05) is 29.8 Å². The number of rotatable bonds is 3. The molecule has 1 amide bonds. The summed E-state index contributed by atoms with van der Waals surface area (Å²) in [5.41, 5.74) is -1.38. The van der Waals surface area contributed by atoms with Gasteiger partial charge in [-0.2, -0.15) is 18.3 Å². The molecule has 1 N–H and O–H groups in total. The molecule has 0 spiro atoms. The van der Waals surface area contributed by atoms with E-state index in [1.807, 2.05) is 0 Å². The normalized spacial score (nSPS) is 11.3. The molecule has 9 heteroatoms. The molecule has 0 unspecified atom stereocenters. The predicted octanol–water partition coefficient (Wildman–Crippen LogP) is 4.47. The van der Waals surface area contributed by atoms with Crippen molar-refractivity contribution in [3.05, 3.63) is 86.8 Å². The van der Waals surface area contributed by atoms with Gasteiger partial charge in [0.25, 0.3) is 5.91 Å². The van der Waals surface area contributed by atoms with Crippen molar-refractivity contribution in [3.63, 3.8) is 0 Å². The molecule has 144 valence electrons. The van der Waals surface area contributed by atoms with Gasteiger partial charge in [0, 0.05) is 11.8 Å². The average Bonchev–Trinajstić information content (AvgIpc) is 2.63. The van der Waals surface area contributed by atoms with E-state index in [1.54, 1.807) is 24.3 Å². The van der Waals surface area contributed by atoms with Crippen LogP contribution in [-0.4, -0.2) is 15.7 Å². The van der Waals surface area contributed by atoms with Gasteiger partial charge in [-0.25, -0.2) is 4.68 Å². The SMILES string of the molecule is Cc1cc(=O)c(C(=O)Nc2ccccc2Cl)nn1-c1cccc(C(F)(F)F)c1. The Kier molecular flexibility index (Phi) is 5.24. The van der Waals surface area contributed by atoms with Crippen LogP contribution in [0, 0.1) is 6.92 Å². The highest BCUT2D eigenvalue weighted by atomic mass is 35.5. The van der Waals surface area contributed by atoms with Crippen LogP contribution in [0.15, 0.2) is 59.4 Å². The fraction of sp³-hybridized carbons (Fsp3) is 0.105. The zero-order valence-electron chi connectivity index (χ0n) is 14.4. The van der Waals surface area contributed by atoms with Crippen LogP contribution < -0.4 is 10.7 Å². The maximum Gasteiger partial charge on any atom is 0.416 e. The first kappa shape index (κ1) is 19.6. The summed E-state index contributed by atoms with van der Waals surface area (Å²) in [6.45, 7) is 1.50. The van der Waals surface area contributed by atoms with E-state index in [0.717, 1.165) is 22.9 Å². The lowest BCUT2D eigenvalue weighted by atomic mass is 10.2. The van der Waals surface area contributed by atoms with Crippen LogP contribution in [0.1, 0.15) is 21.7 Å². The number of benzene rings is 2. The van der Waals surface area contributed by atoms with Crippen LogP contribution in [0.4, 0.5) is 18.9 Å². The number of aryl methyl sites for hydroxylation is 1. The lowest BCUT2D eigenvalue weighted by Gasteiger charge is -2.14. The van der Waals surface area contributed by atoms with Crippen LogP contribution >= 0.6 is 11.6 Å². The summed E-state index contributed by atoms with van der Waals surface area (Å²) in [7, 11) is 0. The molecule has 0 aliphatic rings. The molecular weight excluding hydrogens is 395 g/mol. The Balaban J connectivity index is 2.03. The predicted molar refractivity (Wildman–Crippen MR) is 99.0 cm³/mol. The Morgan fingerprint density at radius 1 is 1.11 bits per heavy atom. The van der Waals surface area contributed by atoms with Crippen molar-refractivity contribution in [1.29, 1.82) is 0 Å². The number of nitrogens with one attached hydrogen (secondary N) is 1. The minimum atomic E-state index is -4.53. The summed E-state index contributed by atoms with van der Waals surface area (Å²) in [5.74, 6) is -0.821. The van der Waals surface area contributed by atoms with Crippen LogP contribution in [-0.2, 0) is 6.18 Å². The minimum Gasteiger partial charge on any atom is -0.319 e. The Morgan fingerprint density at radius 3 is 2.50 bits per heavy atom. The Labute approximate surface area is 162 Å². The molecule has 1 aromatic heterocycles. The minimum absolute atomic E-state index is 0.0686. The maximum atomic E-state index is 13.0. The largest absolute Gasteiger partial charge is 0.416 e. The van der Waals surface area contributed by atoms with Gasteiger partial charge < -0.3 is 5.32 Å². The van der Waals surface area contributed by atoms with E-state index in [2.05, 4.69) is 10.4 Å². The molecule has 0 fully saturated rings. The number of nitrogens with zero attached hydrogens (tertiary/aromatic N) is 2. The number of hydrogen-bond acceptors (Lipinski definition) is 3. The highest BCUT2D eigenvalue weighted by molar-refractivity contribution is 6.33. The van der Waals surface area contributed by atoms with Crippen molar-refractivity contribution in [2.75, 3.05) is 5.32 Å². The fourth-order valence-corrected chi connectivity index (χ4v) is 2.71. The summed E-state index contributed by atoms with van der Waals surface area (Å²) >= 11 is 5.98. The molecule has 0 bridgehead atoms. The second-order valence-electron chi connectivity index (χ2n) is 5.89. The van der Waals surface area contributed by atoms with E-state index in [-0.39, 0.29) is 22.1 Å². The van der Waals surface area contributed by atoms with Crippen LogP contribution in [0.5, 0.6) is 0 Å². The molecule has 2 aromatic carbocycles. The molecule has 1 heterocycles. The van der Waals surface area contributed by atoms with Gasteiger partial charge >= 0.3 is 6.18 Å². The summed E-state index contributed by atoms with van der Waals surface area (Å²) in [6.07, 6.45) is -4.53. The molecule has 5 nitrogen and oxygen atoms in total. The van der Waals surface area contributed by atoms with E-state index in [0.29, 0.717) is 0 Å². The van der Waals surface area contributed by atoms with E-state index >= 15 is 0 Å². The number of anilines is 1. The standard InChI is InChI=1S/C19H13ClF3N3O2/c1-11-9-16(27)17(18(28)24-15-8-3-2-7-14(15)20)25-26(11)13-6-4-5-12(10-13)19(21,22)23/h2-10H,1H3,(H,24,28). The lowest BCUT2D eigenvalue weighted by molar-refractivity contribution is -0.137. The van der Waals surface area contributed by atoms with Crippen molar-refractivity contribution >= 4 is 23.2 Å². The Morgan fingerprint density at radius 2 is 1.82 bits per heavy atom. The van der Waals surface area contributed by atoms with E-state index in [1.165, 1.54) is 19.1 Å². The maximum absolute atomic E-state index is 13.0. The van der Waals surface area contributed by atoms with Crippen molar-refractivity contribution < 1.29 is 18.0 Å².